The number of nitrogens with zero attached hydrogens (tertiary/aromatic N) is 2. The first-order valence-electron chi connectivity index (χ1n) is 6.92. The molecule has 5 heteroatoms. The van der Waals surface area contributed by atoms with Gasteiger partial charge in [-0.3, -0.25) is 4.68 Å². The molecule has 0 spiro atoms. The molecular weight excluding hydrogens is 262 g/mol. The van der Waals surface area contributed by atoms with E-state index < -0.39 is 0 Å². The molecule has 1 aromatic heterocycles. The lowest BCUT2D eigenvalue weighted by Gasteiger charge is -2.42. The lowest BCUT2D eigenvalue weighted by Crippen LogP contribution is -2.46. The number of aryl methyl sites for hydroxylation is 2. The molecule has 0 aromatic carbocycles. The quantitative estimate of drug-likeness (QED) is 0.873. The Morgan fingerprint density at radius 1 is 1.53 bits per heavy atom. The van der Waals surface area contributed by atoms with E-state index in [-0.39, 0.29) is 5.60 Å². The van der Waals surface area contributed by atoms with Crippen LogP contribution in [-0.2, 0) is 18.2 Å². The minimum absolute atomic E-state index is 0.0772. The van der Waals surface area contributed by atoms with Crippen molar-refractivity contribution in [3.05, 3.63) is 16.4 Å². The third-order valence-electron chi connectivity index (χ3n) is 4.43. The van der Waals surface area contributed by atoms with Crippen molar-refractivity contribution in [3.63, 3.8) is 0 Å². The highest BCUT2D eigenvalue weighted by molar-refractivity contribution is 6.31. The van der Waals surface area contributed by atoms with Crippen molar-refractivity contribution in [1.82, 2.24) is 15.1 Å². The summed E-state index contributed by atoms with van der Waals surface area (Å²) in [5.74, 6) is 0. The molecule has 108 valence electrons. The van der Waals surface area contributed by atoms with E-state index >= 15 is 0 Å². The number of methoxy groups -OCH3 is 1. The fraction of sp³-hybridized carbons (Fsp3) is 0.786. The fourth-order valence-corrected chi connectivity index (χ4v) is 3.16. The zero-order valence-electron chi connectivity index (χ0n) is 12.3. The molecule has 0 radical (unpaired) electrons. The molecule has 1 fully saturated rings. The van der Waals surface area contributed by atoms with Gasteiger partial charge in [0, 0.05) is 26.6 Å². The molecule has 1 saturated carbocycles. The molecule has 0 saturated heterocycles. The summed E-state index contributed by atoms with van der Waals surface area (Å²) in [6.45, 7) is 1.95. The van der Waals surface area contributed by atoms with Crippen LogP contribution in [0.1, 0.15) is 37.1 Å². The van der Waals surface area contributed by atoms with Crippen molar-refractivity contribution < 1.29 is 4.74 Å². The van der Waals surface area contributed by atoms with E-state index in [1.807, 2.05) is 32.8 Å². The summed E-state index contributed by atoms with van der Waals surface area (Å²) in [4.78, 5) is 0. The van der Waals surface area contributed by atoms with E-state index in [0.717, 1.165) is 29.3 Å². The van der Waals surface area contributed by atoms with Crippen molar-refractivity contribution in [1.29, 1.82) is 0 Å². The van der Waals surface area contributed by atoms with Crippen LogP contribution in [0.5, 0.6) is 0 Å². The van der Waals surface area contributed by atoms with Gasteiger partial charge in [-0.05, 0) is 39.7 Å². The highest BCUT2D eigenvalue weighted by Crippen LogP contribution is 2.39. The number of likely N-dealkylation sites (N-methyl/N-ethyl adjacent to an activating group) is 1. The van der Waals surface area contributed by atoms with Crippen molar-refractivity contribution in [3.8, 4) is 0 Å². The summed E-state index contributed by atoms with van der Waals surface area (Å²) < 4.78 is 7.61. The van der Waals surface area contributed by atoms with Crippen LogP contribution in [-0.4, -0.2) is 35.6 Å². The van der Waals surface area contributed by atoms with Gasteiger partial charge >= 0.3 is 0 Å². The highest BCUT2D eigenvalue weighted by Gasteiger charge is 2.39. The van der Waals surface area contributed by atoms with Gasteiger partial charge in [-0.2, -0.15) is 5.10 Å². The van der Waals surface area contributed by atoms with E-state index in [1.54, 1.807) is 0 Å². The molecule has 19 heavy (non-hydrogen) atoms. The lowest BCUT2D eigenvalue weighted by atomic mass is 9.75. The Morgan fingerprint density at radius 2 is 2.21 bits per heavy atom. The first kappa shape index (κ1) is 14.8. The Bertz CT molecular complexity index is 435. The van der Waals surface area contributed by atoms with Crippen molar-refractivity contribution >= 4 is 11.6 Å². The van der Waals surface area contributed by atoms with Gasteiger partial charge in [0.1, 0.15) is 0 Å². The zero-order valence-corrected chi connectivity index (χ0v) is 13.0. The summed E-state index contributed by atoms with van der Waals surface area (Å²) in [6.07, 6.45) is 5.52. The second-order valence-electron chi connectivity index (χ2n) is 5.60. The summed E-state index contributed by atoms with van der Waals surface area (Å²) in [7, 11) is 5.78. The van der Waals surface area contributed by atoms with Crippen LogP contribution >= 0.6 is 11.6 Å². The summed E-state index contributed by atoms with van der Waals surface area (Å²) in [5.41, 5.74) is 2.08. The van der Waals surface area contributed by atoms with Crippen molar-refractivity contribution in [2.45, 2.75) is 50.7 Å². The normalized spacial score (nSPS) is 19.2. The Kier molecular flexibility index (Phi) is 4.54. The van der Waals surface area contributed by atoms with Crippen LogP contribution in [0, 0.1) is 6.92 Å². The largest absolute Gasteiger partial charge is 0.378 e. The van der Waals surface area contributed by atoms with Crippen LogP contribution in [0.4, 0.5) is 0 Å². The monoisotopic (exact) mass is 285 g/mol. The maximum Gasteiger partial charge on any atom is 0.0847 e. The van der Waals surface area contributed by atoms with Gasteiger partial charge in [0.05, 0.1) is 22.0 Å². The lowest BCUT2D eigenvalue weighted by molar-refractivity contribution is -0.0831. The van der Waals surface area contributed by atoms with Crippen LogP contribution in [0.25, 0.3) is 0 Å². The van der Waals surface area contributed by atoms with Crippen molar-refractivity contribution in [2.75, 3.05) is 14.2 Å². The van der Waals surface area contributed by atoms with Crippen LogP contribution < -0.4 is 5.32 Å². The summed E-state index contributed by atoms with van der Waals surface area (Å²) in [5, 5.41) is 8.56. The van der Waals surface area contributed by atoms with E-state index in [9.17, 15) is 0 Å². The molecule has 0 bridgehead atoms. The van der Waals surface area contributed by atoms with Gasteiger partial charge in [0.2, 0.25) is 0 Å². The maximum absolute atomic E-state index is 6.33. The van der Waals surface area contributed by atoms with Gasteiger partial charge in [0.25, 0.3) is 0 Å². The maximum atomic E-state index is 6.33. The highest BCUT2D eigenvalue weighted by atomic mass is 35.5. The number of aromatic nitrogens is 2. The first-order chi connectivity index (χ1) is 9.01. The molecule has 0 amide bonds. The molecule has 1 aliphatic carbocycles. The third-order valence-corrected chi connectivity index (χ3v) is 4.92. The molecule has 0 aliphatic heterocycles. The van der Waals surface area contributed by atoms with Crippen LogP contribution in [0.15, 0.2) is 0 Å². The number of rotatable bonds is 6. The van der Waals surface area contributed by atoms with Crippen molar-refractivity contribution in [2.24, 2.45) is 7.05 Å². The molecule has 1 heterocycles. The zero-order chi connectivity index (χ0) is 14.0. The molecule has 1 aliphatic rings. The fourth-order valence-electron chi connectivity index (χ4n) is 2.92. The van der Waals surface area contributed by atoms with Gasteiger partial charge < -0.3 is 10.1 Å². The Labute approximate surface area is 120 Å². The number of hydrogen-bond acceptors (Lipinski definition) is 3. The minimum atomic E-state index is 0.0772. The third kappa shape index (κ3) is 2.96. The number of ether oxygens (including phenoxy) is 1. The average Bonchev–Trinajstić information content (AvgIpc) is 2.58. The molecule has 1 N–H and O–H groups in total. The number of halogens is 1. The molecule has 4 nitrogen and oxygen atoms in total. The SMILES string of the molecule is CNC(Cc1c(Cl)c(C)nn1C)CC1(OC)CCC1. The number of nitrogens with one attached hydrogen (secondary N) is 1. The van der Waals surface area contributed by atoms with Crippen LogP contribution in [0.2, 0.25) is 5.02 Å². The Balaban J connectivity index is 2.06. The average molecular weight is 286 g/mol. The second-order valence-corrected chi connectivity index (χ2v) is 5.98. The Morgan fingerprint density at radius 3 is 2.58 bits per heavy atom. The van der Waals surface area contributed by atoms with E-state index in [2.05, 4.69) is 10.4 Å². The second kappa shape index (κ2) is 5.81. The minimum Gasteiger partial charge on any atom is -0.378 e. The molecule has 2 rings (SSSR count). The van der Waals surface area contributed by atoms with Gasteiger partial charge in [-0.15, -0.1) is 0 Å². The first-order valence-corrected chi connectivity index (χ1v) is 7.29. The standard InChI is InChI=1S/C14H24ClN3O/c1-10-13(15)12(18(3)17-10)8-11(16-2)9-14(19-4)6-5-7-14/h11,16H,5-9H2,1-4H3. The molecule has 1 unspecified atom stereocenters. The molecule has 1 aromatic rings. The summed E-state index contributed by atoms with van der Waals surface area (Å²) in [6, 6.07) is 0.368. The van der Waals surface area contributed by atoms with Crippen LogP contribution in [0.3, 0.4) is 0 Å². The van der Waals surface area contributed by atoms with E-state index in [4.69, 9.17) is 16.3 Å². The smallest absolute Gasteiger partial charge is 0.0847 e. The predicted molar refractivity (Wildman–Crippen MR) is 77.7 cm³/mol. The summed E-state index contributed by atoms with van der Waals surface area (Å²) >= 11 is 6.33. The Hall–Kier alpha value is -0.580. The van der Waals surface area contributed by atoms with Gasteiger partial charge in [-0.1, -0.05) is 11.6 Å². The van der Waals surface area contributed by atoms with Gasteiger partial charge in [-0.25, -0.2) is 0 Å². The molecular formula is C14H24ClN3O. The topological polar surface area (TPSA) is 39.1 Å². The predicted octanol–water partition coefficient (Wildman–Crippen LogP) is 2.47. The van der Waals surface area contributed by atoms with E-state index in [0.29, 0.717) is 6.04 Å². The number of hydrogen-bond donors (Lipinski definition) is 1. The van der Waals surface area contributed by atoms with E-state index in [1.165, 1.54) is 19.3 Å². The molecule has 1 atom stereocenters. The van der Waals surface area contributed by atoms with Gasteiger partial charge in [0.15, 0.2) is 0 Å².